The molecule has 0 atom stereocenters. The van der Waals surface area contributed by atoms with Crippen molar-refractivity contribution in [2.45, 2.75) is 20.1 Å². The molecule has 0 unspecified atom stereocenters. The summed E-state index contributed by atoms with van der Waals surface area (Å²) in [5.74, 6) is 5.65. The van der Waals surface area contributed by atoms with E-state index in [2.05, 4.69) is 16.9 Å². The third-order valence-electron chi connectivity index (χ3n) is 2.67. The molecule has 2 aromatic rings. The molecule has 2 rings (SSSR count). The molecule has 20 heavy (non-hydrogen) atoms. The van der Waals surface area contributed by atoms with Crippen LogP contribution < -0.4 is 10.5 Å². The highest BCUT2D eigenvalue weighted by Gasteiger charge is 2.05. The van der Waals surface area contributed by atoms with E-state index in [9.17, 15) is 4.39 Å². The van der Waals surface area contributed by atoms with Crippen molar-refractivity contribution in [2.75, 3.05) is 6.54 Å². The van der Waals surface area contributed by atoms with E-state index in [1.807, 2.05) is 13.1 Å². The second kappa shape index (κ2) is 6.73. The zero-order valence-corrected chi connectivity index (χ0v) is 11.3. The quantitative estimate of drug-likeness (QED) is 0.866. The average Bonchev–Trinajstić information content (AvgIpc) is 2.92. The number of halogens is 1. The lowest BCUT2D eigenvalue weighted by atomic mass is 10.2. The van der Waals surface area contributed by atoms with Crippen molar-refractivity contribution < 1.29 is 9.13 Å². The average molecular weight is 273 g/mol. The predicted octanol–water partition coefficient (Wildman–Crippen LogP) is 1.93. The molecule has 104 valence electrons. The highest BCUT2D eigenvalue weighted by Crippen LogP contribution is 2.20. The van der Waals surface area contributed by atoms with Gasteiger partial charge in [-0.05, 0) is 19.1 Å². The molecule has 0 bridgehead atoms. The summed E-state index contributed by atoms with van der Waals surface area (Å²) in [6, 6.07) is 4.26. The Balaban J connectivity index is 2.13. The van der Waals surface area contributed by atoms with Crippen LogP contribution in [-0.4, -0.2) is 16.3 Å². The predicted molar refractivity (Wildman–Crippen MR) is 74.6 cm³/mol. The number of rotatable bonds is 4. The topological polar surface area (TPSA) is 53.1 Å². The van der Waals surface area contributed by atoms with Crippen LogP contribution in [0.15, 0.2) is 30.6 Å². The zero-order chi connectivity index (χ0) is 14.4. The molecule has 1 aromatic heterocycles. The standard InChI is InChI=1S/C15H16FN3O/c1-2-19-10-12(9-18-19)11-20-15-8-14(16)6-5-13(15)4-3-7-17/h5-6,8-10H,2,7,11,17H2,1H3. The summed E-state index contributed by atoms with van der Waals surface area (Å²) in [6.45, 7) is 3.37. The first kappa shape index (κ1) is 14.1. The molecule has 0 amide bonds. The number of benzene rings is 1. The number of hydrogen-bond acceptors (Lipinski definition) is 3. The van der Waals surface area contributed by atoms with Gasteiger partial charge in [0.25, 0.3) is 0 Å². The molecule has 1 aromatic carbocycles. The number of aromatic nitrogens is 2. The number of nitrogens with zero attached hydrogens (tertiary/aromatic N) is 2. The zero-order valence-electron chi connectivity index (χ0n) is 11.3. The Bertz CT molecular complexity index is 640. The molecule has 0 fully saturated rings. The van der Waals surface area contributed by atoms with E-state index in [-0.39, 0.29) is 12.4 Å². The van der Waals surface area contributed by atoms with Gasteiger partial charge in [-0.25, -0.2) is 4.39 Å². The molecule has 0 saturated heterocycles. The molecular formula is C15H16FN3O. The van der Waals surface area contributed by atoms with E-state index in [0.29, 0.717) is 17.9 Å². The van der Waals surface area contributed by atoms with Crippen molar-refractivity contribution in [1.82, 2.24) is 9.78 Å². The molecule has 4 nitrogen and oxygen atoms in total. The van der Waals surface area contributed by atoms with E-state index in [4.69, 9.17) is 10.5 Å². The van der Waals surface area contributed by atoms with Crippen molar-refractivity contribution in [3.05, 3.63) is 47.5 Å². The number of aryl methyl sites for hydroxylation is 1. The second-order valence-corrected chi connectivity index (χ2v) is 4.14. The summed E-state index contributed by atoms with van der Waals surface area (Å²) < 4.78 is 20.7. The fourth-order valence-electron chi connectivity index (χ4n) is 1.68. The van der Waals surface area contributed by atoms with E-state index < -0.39 is 0 Å². The Hall–Kier alpha value is -2.32. The molecule has 0 aliphatic rings. The smallest absolute Gasteiger partial charge is 0.138 e. The minimum atomic E-state index is -0.359. The third-order valence-corrected chi connectivity index (χ3v) is 2.67. The Morgan fingerprint density at radius 2 is 2.30 bits per heavy atom. The fraction of sp³-hybridized carbons (Fsp3) is 0.267. The van der Waals surface area contributed by atoms with Crippen LogP contribution in [0.2, 0.25) is 0 Å². The highest BCUT2D eigenvalue weighted by molar-refractivity contribution is 5.46. The van der Waals surface area contributed by atoms with Crippen molar-refractivity contribution in [3.8, 4) is 17.6 Å². The van der Waals surface area contributed by atoms with Gasteiger partial charge < -0.3 is 10.5 Å². The summed E-state index contributed by atoms with van der Waals surface area (Å²) in [5, 5.41) is 4.15. The lowest BCUT2D eigenvalue weighted by molar-refractivity contribution is 0.303. The summed E-state index contributed by atoms with van der Waals surface area (Å²) in [6.07, 6.45) is 3.62. The molecule has 5 heteroatoms. The minimum Gasteiger partial charge on any atom is -0.487 e. The van der Waals surface area contributed by atoms with Crippen LogP contribution in [0.25, 0.3) is 0 Å². The van der Waals surface area contributed by atoms with Gasteiger partial charge in [0.15, 0.2) is 0 Å². The number of nitrogens with two attached hydrogens (primary N) is 1. The van der Waals surface area contributed by atoms with E-state index in [0.717, 1.165) is 12.1 Å². The summed E-state index contributed by atoms with van der Waals surface area (Å²) in [4.78, 5) is 0. The Morgan fingerprint density at radius 3 is 3.00 bits per heavy atom. The van der Waals surface area contributed by atoms with Gasteiger partial charge in [0.2, 0.25) is 0 Å². The number of ether oxygens (including phenoxy) is 1. The van der Waals surface area contributed by atoms with E-state index in [1.165, 1.54) is 12.1 Å². The summed E-state index contributed by atoms with van der Waals surface area (Å²) in [5.41, 5.74) is 6.89. The maximum Gasteiger partial charge on any atom is 0.138 e. The van der Waals surface area contributed by atoms with Crippen LogP contribution in [0.5, 0.6) is 5.75 Å². The van der Waals surface area contributed by atoms with Gasteiger partial charge >= 0.3 is 0 Å². The molecular weight excluding hydrogens is 257 g/mol. The maximum absolute atomic E-state index is 13.3. The largest absolute Gasteiger partial charge is 0.487 e. The van der Waals surface area contributed by atoms with E-state index >= 15 is 0 Å². The number of hydrogen-bond donors (Lipinski definition) is 1. The minimum absolute atomic E-state index is 0.250. The van der Waals surface area contributed by atoms with Gasteiger partial charge in [0.05, 0.1) is 18.3 Å². The van der Waals surface area contributed by atoms with Crippen LogP contribution in [0.4, 0.5) is 4.39 Å². The third kappa shape index (κ3) is 3.59. The lowest BCUT2D eigenvalue weighted by Crippen LogP contribution is -1.98. The molecule has 0 aliphatic carbocycles. The first-order valence-corrected chi connectivity index (χ1v) is 6.35. The highest BCUT2D eigenvalue weighted by atomic mass is 19.1. The van der Waals surface area contributed by atoms with Crippen LogP contribution >= 0.6 is 0 Å². The first-order valence-electron chi connectivity index (χ1n) is 6.35. The normalized spacial score (nSPS) is 9.95. The van der Waals surface area contributed by atoms with Gasteiger partial charge in [-0.3, -0.25) is 4.68 Å². The van der Waals surface area contributed by atoms with Crippen molar-refractivity contribution >= 4 is 0 Å². The van der Waals surface area contributed by atoms with Crippen LogP contribution in [0.3, 0.4) is 0 Å². The summed E-state index contributed by atoms with van der Waals surface area (Å²) in [7, 11) is 0. The van der Waals surface area contributed by atoms with Crippen molar-refractivity contribution in [2.24, 2.45) is 5.73 Å². The van der Waals surface area contributed by atoms with Crippen molar-refractivity contribution in [3.63, 3.8) is 0 Å². The van der Waals surface area contributed by atoms with Crippen LogP contribution in [0, 0.1) is 17.7 Å². The first-order chi connectivity index (χ1) is 9.72. The van der Waals surface area contributed by atoms with Gasteiger partial charge in [0.1, 0.15) is 18.2 Å². The fourth-order valence-corrected chi connectivity index (χ4v) is 1.68. The molecule has 0 saturated carbocycles. The molecule has 0 aliphatic heterocycles. The van der Waals surface area contributed by atoms with Gasteiger partial charge in [-0.1, -0.05) is 11.8 Å². The Kier molecular flexibility index (Phi) is 4.75. The SMILES string of the molecule is CCn1cc(COc2cc(F)ccc2C#CCN)cn1. The lowest BCUT2D eigenvalue weighted by Gasteiger charge is -2.07. The van der Waals surface area contributed by atoms with Gasteiger partial charge in [0, 0.05) is 24.4 Å². The molecule has 2 N–H and O–H groups in total. The molecule has 0 spiro atoms. The maximum atomic E-state index is 13.3. The van der Waals surface area contributed by atoms with Crippen LogP contribution in [0.1, 0.15) is 18.1 Å². The van der Waals surface area contributed by atoms with E-state index in [1.54, 1.807) is 16.9 Å². The summed E-state index contributed by atoms with van der Waals surface area (Å²) >= 11 is 0. The monoisotopic (exact) mass is 273 g/mol. The van der Waals surface area contributed by atoms with Crippen molar-refractivity contribution in [1.29, 1.82) is 0 Å². The van der Waals surface area contributed by atoms with Gasteiger partial charge in [-0.2, -0.15) is 5.10 Å². The van der Waals surface area contributed by atoms with Gasteiger partial charge in [-0.15, -0.1) is 0 Å². The second-order valence-electron chi connectivity index (χ2n) is 4.14. The Labute approximate surface area is 117 Å². The molecule has 0 radical (unpaired) electrons. The Morgan fingerprint density at radius 1 is 1.45 bits per heavy atom. The molecule has 1 heterocycles. The van der Waals surface area contributed by atoms with Crippen LogP contribution in [-0.2, 0) is 13.2 Å².